The second kappa shape index (κ2) is 7.46. The van der Waals surface area contributed by atoms with E-state index in [0.717, 1.165) is 36.0 Å². The third kappa shape index (κ3) is 3.57. The fraction of sp³-hybridized carbons (Fsp3) is 0.455. The molecule has 0 bridgehead atoms. The van der Waals surface area contributed by atoms with Crippen molar-refractivity contribution >= 4 is 5.91 Å². The van der Waals surface area contributed by atoms with Gasteiger partial charge in [-0.3, -0.25) is 14.5 Å². The molecule has 5 rings (SSSR count). The lowest BCUT2D eigenvalue weighted by atomic mass is 9.96. The van der Waals surface area contributed by atoms with Crippen molar-refractivity contribution in [2.24, 2.45) is 5.92 Å². The number of aryl methyl sites for hydroxylation is 1. The van der Waals surface area contributed by atoms with Crippen molar-refractivity contribution in [3.8, 4) is 5.82 Å². The van der Waals surface area contributed by atoms with Gasteiger partial charge in [0.15, 0.2) is 0 Å². The van der Waals surface area contributed by atoms with Gasteiger partial charge in [-0.2, -0.15) is 5.10 Å². The Bertz CT molecular complexity index is 1030. The minimum absolute atomic E-state index is 0.0323. The van der Waals surface area contributed by atoms with Crippen LogP contribution < -0.4 is 0 Å². The Kier molecular flexibility index (Phi) is 4.66. The van der Waals surface area contributed by atoms with Crippen LogP contribution in [-0.4, -0.2) is 42.1 Å². The molecule has 29 heavy (non-hydrogen) atoms. The van der Waals surface area contributed by atoms with E-state index in [2.05, 4.69) is 20.2 Å². The average Bonchev–Trinajstić information content (AvgIpc) is 3.49. The topological polar surface area (TPSA) is 79.7 Å². The molecule has 1 fully saturated rings. The molecular weight excluding hydrogens is 364 g/mol. The summed E-state index contributed by atoms with van der Waals surface area (Å²) in [6, 6.07) is 5.82. The van der Waals surface area contributed by atoms with E-state index in [1.165, 1.54) is 36.9 Å². The van der Waals surface area contributed by atoms with Gasteiger partial charge in [0.2, 0.25) is 0 Å². The highest BCUT2D eigenvalue weighted by Crippen LogP contribution is 2.30. The minimum atomic E-state index is -0.0323. The first-order valence-corrected chi connectivity index (χ1v) is 10.5. The van der Waals surface area contributed by atoms with E-state index in [0.29, 0.717) is 18.8 Å². The summed E-state index contributed by atoms with van der Waals surface area (Å²) < 4.78 is 1.80. The number of carbonyl (C=O) groups excluding carboxylic acids is 1. The second-order valence-electron chi connectivity index (χ2n) is 8.26. The van der Waals surface area contributed by atoms with Crippen LogP contribution in [0.15, 0.2) is 30.7 Å². The monoisotopic (exact) mass is 390 g/mol. The first kappa shape index (κ1) is 18.1. The maximum Gasteiger partial charge on any atom is 0.274 e. The lowest BCUT2D eigenvalue weighted by Crippen LogP contribution is -2.36. The van der Waals surface area contributed by atoms with Crippen LogP contribution in [0.1, 0.15) is 58.8 Å². The lowest BCUT2D eigenvalue weighted by molar-refractivity contribution is 0.0728. The summed E-state index contributed by atoms with van der Waals surface area (Å²) in [5, 5.41) is 7.80. The van der Waals surface area contributed by atoms with E-state index in [1.807, 2.05) is 30.0 Å². The van der Waals surface area contributed by atoms with Gasteiger partial charge in [-0.05, 0) is 31.4 Å². The molecule has 1 N–H and O–H groups in total. The summed E-state index contributed by atoms with van der Waals surface area (Å²) >= 11 is 0. The largest absolute Gasteiger partial charge is 0.332 e. The zero-order valence-electron chi connectivity index (χ0n) is 16.8. The Morgan fingerprint density at radius 3 is 2.97 bits per heavy atom. The number of fused-ring (bicyclic) bond motifs is 1. The van der Waals surface area contributed by atoms with Crippen LogP contribution >= 0.6 is 0 Å². The average molecular weight is 390 g/mol. The van der Waals surface area contributed by atoms with E-state index < -0.39 is 0 Å². The number of H-pyrrole nitrogens is 1. The van der Waals surface area contributed by atoms with Crippen LogP contribution in [0.25, 0.3) is 5.82 Å². The first-order chi connectivity index (χ1) is 14.2. The van der Waals surface area contributed by atoms with E-state index in [9.17, 15) is 4.79 Å². The third-order valence-corrected chi connectivity index (χ3v) is 6.20. The molecule has 2 aliphatic rings. The summed E-state index contributed by atoms with van der Waals surface area (Å²) in [5.41, 5.74) is 4.95. The normalized spacial score (nSPS) is 16.9. The van der Waals surface area contributed by atoms with Gasteiger partial charge in [0.25, 0.3) is 5.91 Å². The van der Waals surface area contributed by atoms with Gasteiger partial charge in [-0.1, -0.05) is 31.7 Å². The van der Waals surface area contributed by atoms with Gasteiger partial charge in [-0.25, -0.2) is 9.97 Å². The molecule has 7 heteroatoms. The molecule has 0 saturated heterocycles. The lowest BCUT2D eigenvalue weighted by Gasteiger charge is -2.26. The van der Waals surface area contributed by atoms with Crippen molar-refractivity contribution < 1.29 is 4.79 Å². The van der Waals surface area contributed by atoms with Gasteiger partial charge in [0.05, 0.1) is 5.69 Å². The highest BCUT2D eigenvalue weighted by atomic mass is 16.2. The number of rotatable bonds is 4. The maximum absolute atomic E-state index is 13.1. The third-order valence-electron chi connectivity index (χ3n) is 6.20. The number of hydrogen-bond donors (Lipinski definition) is 1. The number of aromatic amines is 1. The summed E-state index contributed by atoms with van der Waals surface area (Å²) in [6.07, 6.45) is 10.5. The Labute approximate surface area is 170 Å². The molecule has 1 amide bonds. The zero-order chi connectivity index (χ0) is 19.8. The molecule has 150 valence electrons. The fourth-order valence-electron chi connectivity index (χ4n) is 4.58. The summed E-state index contributed by atoms with van der Waals surface area (Å²) in [7, 11) is 0. The number of nitrogens with zero attached hydrogens (tertiary/aromatic N) is 5. The molecule has 0 radical (unpaired) electrons. The number of nitrogens with one attached hydrogen (secondary N) is 1. The number of hydrogen-bond acceptors (Lipinski definition) is 4. The van der Waals surface area contributed by atoms with Crippen molar-refractivity contribution in [2.75, 3.05) is 6.54 Å². The highest BCUT2D eigenvalue weighted by Gasteiger charge is 2.28. The zero-order valence-corrected chi connectivity index (χ0v) is 16.8. The summed E-state index contributed by atoms with van der Waals surface area (Å²) in [4.78, 5) is 23.8. The SMILES string of the molecule is Cc1cccc(-n2cnc(C(=O)N3CCc4[nH]nc(CC5CCCC5)c4C3)c2)n1. The van der Waals surface area contributed by atoms with Crippen LogP contribution in [-0.2, 0) is 19.4 Å². The molecular formula is C22H26N6O. The predicted octanol–water partition coefficient (Wildman–Crippen LogP) is 3.23. The van der Waals surface area contributed by atoms with Gasteiger partial charge in [-0.15, -0.1) is 0 Å². The number of aromatic nitrogens is 5. The Hall–Kier alpha value is -2.96. The molecule has 0 spiro atoms. The van der Waals surface area contributed by atoms with Crippen molar-refractivity contribution in [3.05, 3.63) is 59.1 Å². The molecule has 1 saturated carbocycles. The second-order valence-corrected chi connectivity index (χ2v) is 8.26. The van der Waals surface area contributed by atoms with Gasteiger partial charge < -0.3 is 4.90 Å². The van der Waals surface area contributed by atoms with E-state index >= 15 is 0 Å². The molecule has 3 aromatic rings. The quantitative estimate of drug-likeness (QED) is 0.742. The van der Waals surface area contributed by atoms with Crippen LogP contribution in [0.2, 0.25) is 0 Å². The van der Waals surface area contributed by atoms with Crippen LogP contribution in [0.3, 0.4) is 0 Å². The Morgan fingerprint density at radius 1 is 1.28 bits per heavy atom. The van der Waals surface area contributed by atoms with E-state index in [4.69, 9.17) is 0 Å². The van der Waals surface area contributed by atoms with E-state index in [1.54, 1.807) is 17.1 Å². The molecule has 3 aromatic heterocycles. The number of carbonyl (C=O) groups is 1. The predicted molar refractivity (Wildman–Crippen MR) is 109 cm³/mol. The number of imidazole rings is 1. The fourth-order valence-corrected chi connectivity index (χ4v) is 4.58. The van der Waals surface area contributed by atoms with Gasteiger partial charge in [0, 0.05) is 42.7 Å². The van der Waals surface area contributed by atoms with Crippen molar-refractivity contribution in [2.45, 2.75) is 52.0 Å². The number of pyridine rings is 1. The molecule has 7 nitrogen and oxygen atoms in total. The Morgan fingerprint density at radius 2 is 2.14 bits per heavy atom. The summed E-state index contributed by atoms with van der Waals surface area (Å²) in [5.74, 6) is 1.48. The highest BCUT2D eigenvalue weighted by molar-refractivity contribution is 5.92. The number of amides is 1. The van der Waals surface area contributed by atoms with Crippen molar-refractivity contribution in [3.63, 3.8) is 0 Å². The van der Waals surface area contributed by atoms with Crippen LogP contribution in [0.5, 0.6) is 0 Å². The van der Waals surface area contributed by atoms with Crippen LogP contribution in [0.4, 0.5) is 0 Å². The smallest absolute Gasteiger partial charge is 0.274 e. The standard InChI is InChI=1S/C22H26N6O/c1-15-5-4-8-21(24-15)28-13-20(23-14-28)22(29)27-10-9-18-17(12-27)19(26-25-18)11-16-6-2-3-7-16/h4-5,8,13-14,16H,2-3,6-7,9-12H2,1H3,(H,25,26). The maximum atomic E-state index is 13.1. The molecule has 0 unspecified atom stereocenters. The van der Waals surface area contributed by atoms with Gasteiger partial charge in [0.1, 0.15) is 17.8 Å². The van der Waals surface area contributed by atoms with Crippen molar-refractivity contribution in [1.82, 2.24) is 29.6 Å². The Balaban J connectivity index is 1.32. The van der Waals surface area contributed by atoms with Gasteiger partial charge >= 0.3 is 0 Å². The molecule has 4 heterocycles. The van der Waals surface area contributed by atoms with Crippen LogP contribution in [0, 0.1) is 12.8 Å². The molecule has 1 aliphatic heterocycles. The minimum Gasteiger partial charge on any atom is -0.332 e. The molecule has 0 aromatic carbocycles. The summed E-state index contributed by atoms with van der Waals surface area (Å²) in [6.45, 7) is 3.25. The van der Waals surface area contributed by atoms with Crippen molar-refractivity contribution in [1.29, 1.82) is 0 Å². The molecule has 1 aliphatic carbocycles. The first-order valence-electron chi connectivity index (χ1n) is 10.5. The van der Waals surface area contributed by atoms with E-state index in [-0.39, 0.29) is 5.91 Å². The molecule has 0 atom stereocenters.